The van der Waals surface area contributed by atoms with E-state index in [1.165, 1.54) is 38.5 Å². The van der Waals surface area contributed by atoms with Gasteiger partial charge in [0.15, 0.2) is 0 Å². The van der Waals surface area contributed by atoms with Gasteiger partial charge in [-0.3, -0.25) is 4.90 Å². The van der Waals surface area contributed by atoms with Crippen molar-refractivity contribution in [2.45, 2.75) is 77.4 Å². The van der Waals surface area contributed by atoms with Gasteiger partial charge in [-0.15, -0.1) is 0 Å². The van der Waals surface area contributed by atoms with Gasteiger partial charge in [-0.1, -0.05) is 26.7 Å². The lowest BCUT2D eigenvalue weighted by molar-refractivity contribution is 0.0840. The second kappa shape index (κ2) is 9.73. The van der Waals surface area contributed by atoms with Gasteiger partial charge in [0.25, 0.3) is 0 Å². The SMILES string of the molecule is CCC(CC)N(CCOC)C(C)CNC1CCCC1. The zero-order valence-corrected chi connectivity index (χ0v) is 13.5. The average Bonchev–Trinajstić information content (AvgIpc) is 2.94. The first-order valence-electron chi connectivity index (χ1n) is 8.20. The van der Waals surface area contributed by atoms with Crippen LogP contribution in [0.2, 0.25) is 0 Å². The number of hydrogen-bond acceptors (Lipinski definition) is 3. The van der Waals surface area contributed by atoms with Crippen LogP contribution in [0.25, 0.3) is 0 Å². The van der Waals surface area contributed by atoms with Crippen molar-refractivity contribution in [2.24, 2.45) is 0 Å². The highest BCUT2D eigenvalue weighted by atomic mass is 16.5. The second-order valence-corrected chi connectivity index (χ2v) is 5.94. The molecule has 1 unspecified atom stereocenters. The quantitative estimate of drug-likeness (QED) is 0.660. The Morgan fingerprint density at radius 3 is 2.37 bits per heavy atom. The second-order valence-electron chi connectivity index (χ2n) is 5.94. The Balaban J connectivity index is 2.41. The summed E-state index contributed by atoms with van der Waals surface area (Å²) in [6.45, 7) is 9.96. The summed E-state index contributed by atoms with van der Waals surface area (Å²) in [6, 6.07) is 2.06. The molecule has 0 aliphatic heterocycles. The summed E-state index contributed by atoms with van der Waals surface area (Å²) in [5.74, 6) is 0. The maximum absolute atomic E-state index is 5.28. The van der Waals surface area contributed by atoms with Crippen LogP contribution in [0.1, 0.15) is 59.3 Å². The molecule has 1 rings (SSSR count). The van der Waals surface area contributed by atoms with Crippen molar-refractivity contribution in [1.82, 2.24) is 10.2 Å². The van der Waals surface area contributed by atoms with E-state index in [0.29, 0.717) is 12.1 Å². The molecule has 0 aromatic heterocycles. The monoisotopic (exact) mass is 270 g/mol. The molecule has 1 aliphatic rings. The van der Waals surface area contributed by atoms with Crippen LogP contribution >= 0.6 is 0 Å². The van der Waals surface area contributed by atoms with Gasteiger partial charge in [-0.2, -0.15) is 0 Å². The van der Waals surface area contributed by atoms with Crippen molar-refractivity contribution < 1.29 is 4.74 Å². The van der Waals surface area contributed by atoms with E-state index >= 15 is 0 Å². The molecule has 0 aromatic carbocycles. The zero-order valence-electron chi connectivity index (χ0n) is 13.5. The summed E-state index contributed by atoms with van der Waals surface area (Å²) < 4.78 is 5.28. The van der Waals surface area contributed by atoms with Gasteiger partial charge in [-0.05, 0) is 32.6 Å². The molecule has 0 heterocycles. The third-order valence-corrected chi connectivity index (χ3v) is 4.59. The summed E-state index contributed by atoms with van der Waals surface area (Å²) in [7, 11) is 1.80. The lowest BCUT2D eigenvalue weighted by Gasteiger charge is -2.36. The predicted octanol–water partition coefficient (Wildman–Crippen LogP) is 3.04. The maximum atomic E-state index is 5.28. The lowest BCUT2D eigenvalue weighted by atomic mass is 10.1. The van der Waals surface area contributed by atoms with E-state index in [2.05, 4.69) is 31.0 Å². The van der Waals surface area contributed by atoms with Crippen molar-refractivity contribution in [1.29, 1.82) is 0 Å². The van der Waals surface area contributed by atoms with Gasteiger partial charge >= 0.3 is 0 Å². The highest BCUT2D eigenvalue weighted by Crippen LogP contribution is 2.18. The van der Waals surface area contributed by atoms with Crippen LogP contribution in [-0.2, 0) is 4.74 Å². The van der Waals surface area contributed by atoms with E-state index in [-0.39, 0.29) is 0 Å². The van der Waals surface area contributed by atoms with Crippen LogP contribution in [0, 0.1) is 0 Å². The largest absolute Gasteiger partial charge is 0.383 e. The number of rotatable bonds is 10. The molecule has 1 aliphatic carbocycles. The minimum atomic E-state index is 0.598. The molecule has 0 spiro atoms. The van der Waals surface area contributed by atoms with E-state index in [9.17, 15) is 0 Å². The zero-order chi connectivity index (χ0) is 14.1. The first-order chi connectivity index (χ1) is 9.22. The minimum Gasteiger partial charge on any atom is -0.383 e. The first-order valence-corrected chi connectivity index (χ1v) is 8.20. The third-order valence-electron chi connectivity index (χ3n) is 4.59. The Bertz CT molecular complexity index is 213. The van der Waals surface area contributed by atoms with Gasteiger partial charge < -0.3 is 10.1 Å². The van der Waals surface area contributed by atoms with Gasteiger partial charge in [0.1, 0.15) is 0 Å². The number of methoxy groups -OCH3 is 1. The number of nitrogens with zero attached hydrogens (tertiary/aromatic N) is 1. The van der Waals surface area contributed by atoms with E-state index in [0.717, 1.165) is 25.7 Å². The van der Waals surface area contributed by atoms with E-state index in [1.54, 1.807) is 7.11 Å². The molecule has 1 atom stereocenters. The van der Waals surface area contributed by atoms with Gasteiger partial charge in [-0.25, -0.2) is 0 Å². The Hall–Kier alpha value is -0.120. The summed E-state index contributed by atoms with van der Waals surface area (Å²) in [6.07, 6.45) is 8.02. The van der Waals surface area contributed by atoms with Crippen molar-refractivity contribution in [2.75, 3.05) is 26.8 Å². The molecule has 1 fully saturated rings. The fourth-order valence-corrected chi connectivity index (χ4v) is 3.30. The Kier molecular flexibility index (Phi) is 8.67. The van der Waals surface area contributed by atoms with Crippen LogP contribution < -0.4 is 5.32 Å². The molecule has 3 heteroatoms. The van der Waals surface area contributed by atoms with Crippen molar-refractivity contribution in [3.05, 3.63) is 0 Å². The Labute approximate surface area is 120 Å². The topological polar surface area (TPSA) is 24.5 Å². The first kappa shape index (κ1) is 16.9. The molecule has 0 radical (unpaired) electrons. The normalized spacial score (nSPS) is 18.6. The van der Waals surface area contributed by atoms with Crippen LogP contribution in [0.15, 0.2) is 0 Å². The van der Waals surface area contributed by atoms with Gasteiger partial charge in [0.2, 0.25) is 0 Å². The number of nitrogens with one attached hydrogen (secondary N) is 1. The van der Waals surface area contributed by atoms with Crippen LogP contribution in [0.4, 0.5) is 0 Å². The molecular weight excluding hydrogens is 236 g/mol. The Morgan fingerprint density at radius 2 is 1.84 bits per heavy atom. The molecule has 0 aromatic rings. The van der Waals surface area contributed by atoms with Crippen LogP contribution in [-0.4, -0.2) is 49.8 Å². The molecule has 19 heavy (non-hydrogen) atoms. The predicted molar refractivity (Wildman–Crippen MR) is 82.7 cm³/mol. The highest BCUT2D eigenvalue weighted by Gasteiger charge is 2.22. The molecule has 0 bridgehead atoms. The number of hydrogen-bond donors (Lipinski definition) is 1. The van der Waals surface area contributed by atoms with E-state index < -0.39 is 0 Å². The fraction of sp³-hybridized carbons (Fsp3) is 1.00. The smallest absolute Gasteiger partial charge is 0.0589 e. The Morgan fingerprint density at radius 1 is 1.21 bits per heavy atom. The molecule has 0 saturated heterocycles. The molecule has 1 N–H and O–H groups in total. The molecular formula is C16H34N2O. The van der Waals surface area contributed by atoms with Crippen molar-refractivity contribution >= 4 is 0 Å². The molecule has 114 valence electrons. The average molecular weight is 270 g/mol. The van der Waals surface area contributed by atoms with Crippen molar-refractivity contribution in [3.8, 4) is 0 Å². The minimum absolute atomic E-state index is 0.598. The lowest BCUT2D eigenvalue weighted by Crippen LogP contribution is -2.48. The number of ether oxygens (including phenoxy) is 1. The molecule has 0 amide bonds. The summed E-state index contributed by atoms with van der Waals surface area (Å²) >= 11 is 0. The van der Waals surface area contributed by atoms with Crippen LogP contribution in [0.3, 0.4) is 0 Å². The van der Waals surface area contributed by atoms with Gasteiger partial charge in [0.05, 0.1) is 6.61 Å². The van der Waals surface area contributed by atoms with E-state index in [1.807, 2.05) is 0 Å². The summed E-state index contributed by atoms with van der Waals surface area (Å²) in [5.41, 5.74) is 0. The third kappa shape index (κ3) is 5.80. The summed E-state index contributed by atoms with van der Waals surface area (Å²) in [4.78, 5) is 2.63. The standard InChI is InChI=1S/C16H34N2O/c1-5-16(6-2)18(11-12-19-4)14(3)13-17-15-9-7-8-10-15/h14-17H,5-13H2,1-4H3. The van der Waals surface area contributed by atoms with E-state index in [4.69, 9.17) is 4.74 Å². The molecule has 1 saturated carbocycles. The maximum Gasteiger partial charge on any atom is 0.0589 e. The summed E-state index contributed by atoms with van der Waals surface area (Å²) in [5, 5.41) is 3.76. The van der Waals surface area contributed by atoms with Crippen LogP contribution in [0.5, 0.6) is 0 Å². The molecule has 3 nitrogen and oxygen atoms in total. The van der Waals surface area contributed by atoms with Gasteiger partial charge in [0, 0.05) is 38.3 Å². The fourth-order valence-electron chi connectivity index (χ4n) is 3.30. The van der Waals surface area contributed by atoms with Crippen molar-refractivity contribution in [3.63, 3.8) is 0 Å². The highest BCUT2D eigenvalue weighted by molar-refractivity contribution is 4.80.